The SMILES string of the molecule is NCCC(O)C1(O)CCCCC1N. The highest BCUT2D eigenvalue weighted by molar-refractivity contribution is 4.98. The second-order valence-corrected chi connectivity index (χ2v) is 3.94. The standard InChI is InChI=1S/C9H20N2O2/c10-6-4-8(12)9(13)5-2-1-3-7(9)11/h7-8,12-13H,1-6,10-11H2. The quantitative estimate of drug-likeness (QED) is 0.472. The third kappa shape index (κ3) is 2.20. The Bertz CT molecular complexity index is 166. The van der Waals surface area contributed by atoms with Crippen molar-refractivity contribution in [2.45, 2.75) is 49.9 Å². The first-order chi connectivity index (χ1) is 6.11. The lowest BCUT2D eigenvalue weighted by atomic mass is 9.76. The van der Waals surface area contributed by atoms with Gasteiger partial charge in [-0.3, -0.25) is 0 Å². The first-order valence-electron chi connectivity index (χ1n) is 4.97. The molecule has 1 saturated carbocycles. The highest BCUT2D eigenvalue weighted by Crippen LogP contribution is 2.31. The molecular formula is C9H20N2O2. The number of hydrogen-bond acceptors (Lipinski definition) is 4. The molecule has 4 nitrogen and oxygen atoms in total. The Hall–Kier alpha value is -0.160. The van der Waals surface area contributed by atoms with Crippen molar-refractivity contribution in [3.8, 4) is 0 Å². The van der Waals surface area contributed by atoms with Gasteiger partial charge in [0.25, 0.3) is 0 Å². The monoisotopic (exact) mass is 188 g/mol. The lowest BCUT2D eigenvalue weighted by Gasteiger charge is -2.41. The van der Waals surface area contributed by atoms with Gasteiger partial charge in [0, 0.05) is 6.04 Å². The van der Waals surface area contributed by atoms with Crippen molar-refractivity contribution in [3.05, 3.63) is 0 Å². The van der Waals surface area contributed by atoms with Crippen LogP contribution in [-0.4, -0.2) is 34.5 Å². The predicted molar refractivity (Wildman–Crippen MR) is 51.1 cm³/mol. The van der Waals surface area contributed by atoms with Crippen LogP contribution >= 0.6 is 0 Å². The zero-order chi connectivity index (χ0) is 9.90. The average Bonchev–Trinajstić information content (AvgIpc) is 2.11. The molecule has 0 spiro atoms. The largest absolute Gasteiger partial charge is 0.390 e. The maximum absolute atomic E-state index is 10.1. The highest BCUT2D eigenvalue weighted by Gasteiger charge is 2.42. The number of rotatable bonds is 3. The van der Waals surface area contributed by atoms with Crippen LogP contribution in [0, 0.1) is 0 Å². The normalized spacial score (nSPS) is 37.4. The van der Waals surface area contributed by atoms with Crippen LogP contribution in [0.4, 0.5) is 0 Å². The summed E-state index contributed by atoms with van der Waals surface area (Å²) in [4.78, 5) is 0. The summed E-state index contributed by atoms with van der Waals surface area (Å²) in [6.07, 6.45) is 3.01. The second-order valence-electron chi connectivity index (χ2n) is 3.94. The summed E-state index contributed by atoms with van der Waals surface area (Å²) in [6, 6.07) is -0.303. The van der Waals surface area contributed by atoms with Crippen molar-refractivity contribution in [1.29, 1.82) is 0 Å². The number of aliphatic hydroxyl groups is 2. The topological polar surface area (TPSA) is 92.5 Å². The Morgan fingerprint density at radius 2 is 2.15 bits per heavy atom. The summed E-state index contributed by atoms with van der Waals surface area (Å²) in [7, 11) is 0. The maximum atomic E-state index is 10.1. The van der Waals surface area contributed by atoms with E-state index < -0.39 is 11.7 Å². The molecule has 6 N–H and O–H groups in total. The van der Waals surface area contributed by atoms with Gasteiger partial charge in [-0.25, -0.2) is 0 Å². The van der Waals surface area contributed by atoms with E-state index in [0.29, 0.717) is 19.4 Å². The Morgan fingerprint density at radius 1 is 1.46 bits per heavy atom. The predicted octanol–water partition coefficient (Wildman–Crippen LogP) is -0.672. The molecule has 1 fully saturated rings. The highest BCUT2D eigenvalue weighted by atomic mass is 16.3. The molecule has 3 unspecified atom stereocenters. The minimum atomic E-state index is -1.10. The van der Waals surface area contributed by atoms with E-state index in [9.17, 15) is 10.2 Å². The molecule has 78 valence electrons. The van der Waals surface area contributed by atoms with Crippen molar-refractivity contribution in [2.24, 2.45) is 11.5 Å². The lowest BCUT2D eigenvalue weighted by molar-refractivity contribution is -0.110. The van der Waals surface area contributed by atoms with Crippen LogP contribution in [0.25, 0.3) is 0 Å². The van der Waals surface area contributed by atoms with Gasteiger partial charge in [-0.2, -0.15) is 0 Å². The van der Waals surface area contributed by atoms with Gasteiger partial charge in [-0.05, 0) is 25.8 Å². The molecule has 0 bridgehead atoms. The Labute approximate surface area is 78.9 Å². The van der Waals surface area contributed by atoms with Gasteiger partial charge >= 0.3 is 0 Å². The molecule has 0 amide bonds. The van der Waals surface area contributed by atoms with Gasteiger partial charge in [0.2, 0.25) is 0 Å². The van der Waals surface area contributed by atoms with Gasteiger partial charge in [0.15, 0.2) is 0 Å². The summed E-state index contributed by atoms with van der Waals surface area (Å²) < 4.78 is 0. The average molecular weight is 188 g/mol. The van der Waals surface area contributed by atoms with Gasteiger partial charge in [0.1, 0.15) is 5.60 Å². The summed E-state index contributed by atoms with van der Waals surface area (Å²) in [6.45, 7) is 0.385. The molecule has 0 aromatic heterocycles. The lowest BCUT2D eigenvalue weighted by Crippen LogP contribution is -2.58. The molecule has 1 aliphatic carbocycles. The van der Waals surface area contributed by atoms with Crippen molar-refractivity contribution in [1.82, 2.24) is 0 Å². The molecule has 0 saturated heterocycles. The Morgan fingerprint density at radius 3 is 2.69 bits per heavy atom. The first-order valence-corrected chi connectivity index (χ1v) is 4.97. The number of nitrogens with two attached hydrogens (primary N) is 2. The number of hydrogen-bond donors (Lipinski definition) is 4. The van der Waals surface area contributed by atoms with Gasteiger partial charge in [-0.1, -0.05) is 12.8 Å². The Kier molecular flexibility index (Phi) is 3.67. The molecule has 1 aliphatic rings. The van der Waals surface area contributed by atoms with E-state index in [2.05, 4.69) is 0 Å². The fraction of sp³-hybridized carbons (Fsp3) is 1.00. The van der Waals surface area contributed by atoms with Gasteiger partial charge < -0.3 is 21.7 Å². The fourth-order valence-corrected chi connectivity index (χ4v) is 2.03. The smallest absolute Gasteiger partial charge is 0.106 e. The molecule has 0 aliphatic heterocycles. The maximum Gasteiger partial charge on any atom is 0.106 e. The third-order valence-corrected chi connectivity index (χ3v) is 3.00. The van der Waals surface area contributed by atoms with E-state index in [0.717, 1.165) is 19.3 Å². The van der Waals surface area contributed by atoms with Crippen molar-refractivity contribution in [2.75, 3.05) is 6.54 Å². The van der Waals surface area contributed by atoms with E-state index in [1.54, 1.807) is 0 Å². The Balaban J connectivity index is 2.59. The van der Waals surface area contributed by atoms with Crippen LogP contribution in [0.1, 0.15) is 32.1 Å². The third-order valence-electron chi connectivity index (χ3n) is 3.00. The van der Waals surface area contributed by atoms with E-state index in [-0.39, 0.29) is 6.04 Å². The summed E-state index contributed by atoms with van der Waals surface area (Å²) in [5, 5.41) is 19.8. The van der Waals surface area contributed by atoms with Crippen LogP contribution < -0.4 is 11.5 Å². The van der Waals surface area contributed by atoms with Crippen LogP contribution in [0.5, 0.6) is 0 Å². The molecular weight excluding hydrogens is 168 g/mol. The minimum Gasteiger partial charge on any atom is -0.390 e. The second kappa shape index (κ2) is 4.37. The van der Waals surface area contributed by atoms with Crippen molar-refractivity contribution < 1.29 is 10.2 Å². The van der Waals surface area contributed by atoms with Crippen molar-refractivity contribution in [3.63, 3.8) is 0 Å². The number of aliphatic hydroxyl groups excluding tert-OH is 1. The summed E-state index contributed by atoms with van der Waals surface area (Å²) >= 11 is 0. The molecule has 13 heavy (non-hydrogen) atoms. The minimum absolute atomic E-state index is 0.303. The van der Waals surface area contributed by atoms with Gasteiger partial charge in [-0.15, -0.1) is 0 Å². The summed E-state index contributed by atoms with van der Waals surface area (Å²) in [5.41, 5.74) is 10.0. The van der Waals surface area contributed by atoms with Crippen LogP contribution in [0.3, 0.4) is 0 Å². The van der Waals surface area contributed by atoms with Crippen LogP contribution in [-0.2, 0) is 0 Å². The molecule has 0 aromatic rings. The van der Waals surface area contributed by atoms with Gasteiger partial charge in [0.05, 0.1) is 6.10 Å². The molecule has 0 heterocycles. The summed E-state index contributed by atoms with van der Waals surface area (Å²) in [5.74, 6) is 0. The molecule has 4 heteroatoms. The first kappa shape index (κ1) is 10.9. The van der Waals surface area contributed by atoms with Crippen LogP contribution in [0.2, 0.25) is 0 Å². The van der Waals surface area contributed by atoms with Crippen LogP contribution in [0.15, 0.2) is 0 Å². The molecule has 3 atom stereocenters. The van der Waals surface area contributed by atoms with E-state index in [1.165, 1.54) is 0 Å². The van der Waals surface area contributed by atoms with E-state index >= 15 is 0 Å². The van der Waals surface area contributed by atoms with Crippen molar-refractivity contribution >= 4 is 0 Å². The molecule has 0 radical (unpaired) electrons. The molecule has 1 rings (SSSR count). The zero-order valence-corrected chi connectivity index (χ0v) is 7.95. The van der Waals surface area contributed by atoms with E-state index in [4.69, 9.17) is 11.5 Å². The fourth-order valence-electron chi connectivity index (χ4n) is 2.03. The van der Waals surface area contributed by atoms with E-state index in [1.807, 2.05) is 0 Å². The molecule has 0 aromatic carbocycles. The zero-order valence-electron chi connectivity index (χ0n) is 7.95.